The molecular weight excluding hydrogens is 519 g/mol. The second-order valence-corrected chi connectivity index (χ2v) is 11.5. The highest BCUT2D eigenvalue weighted by Gasteiger charge is 2.32. The maximum absolute atomic E-state index is 15.3. The van der Waals surface area contributed by atoms with Crippen LogP contribution in [0.3, 0.4) is 0 Å². The Kier molecular flexibility index (Phi) is 6.25. The highest BCUT2D eigenvalue weighted by molar-refractivity contribution is 5.79. The van der Waals surface area contributed by atoms with Gasteiger partial charge in [0, 0.05) is 40.8 Å². The van der Waals surface area contributed by atoms with Crippen molar-refractivity contribution in [3.63, 3.8) is 0 Å². The van der Waals surface area contributed by atoms with E-state index in [4.69, 9.17) is 9.47 Å². The molecule has 2 aliphatic carbocycles. The van der Waals surface area contributed by atoms with Crippen LogP contribution < -0.4 is 9.47 Å². The smallest absolute Gasteiger partial charge is 0.304 e. The summed E-state index contributed by atoms with van der Waals surface area (Å²) in [5.74, 6) is 0.520. The van der Waals surface area contributed by atoms with E-state index in [2.05, 4.69) is 35.9 Å². The van der Waals surface area contributed by atoms with Gasteiger partial charge in [0.2, 0.25) is 0 Å². The second-order valence-electron chi connectivity index (χ2n) is 11.5. The fourth-order valence-electron chi connectivity index (χ4n) is 6.51. The molecule has 2 heterocycles. The third-order valence-electron chi connectivity index (χ3n) is 8.61. The summed E-state index contributed by atoms with van der Waals surface area (Å²) in [7, 11) is 0. The number of carboxylic acids is 1. The summed E-state index contributed by atoms with van der Waals surface area (Å²) in [6.07, 6.45) is 7.16. The Hall–Kier alpha value is -4.26. The molecule has 1 N–H and O–H groups in total. The van der Waals surface area contributed by atoms with Gasteiger partial charge in [-0.05, 0) is 91.6 Å². The number of aryl methyl sites for hydroxylation is 2. The predicted molar refractivity (Wildman–Crippen MR) is 153 cm³/mol. The number of ether oxygens (including phenoxy) is 2. The van der Waals surface area contributed by atoms with E-state index in [1.54, 1.807) is 12.1 Å². The SMILES string of the molecule is Cc1cc(-c2cnc(C3CC3)cn2)cc(C)c1-c1ccc(F)c2c1CC[C@H]2Oc1ccc2c(c1)OC[C@H]2CC(=O)O. The van der Waals surface area contributed by atoms with Crippen molar-refractivity contribution in [1.82, 2.24) is 9.97 Å². The Morgan fingerprint density at radius 2 is 1.85 bits per heavy atom. The number of nitrogens with zero attached hydrogens (tertiary/aromatic N) is 2. The molecule has 1 aromatic heterocycles. The zero-order valence-corrected chi connectivity index (χ0v) is 23.1. The molecule has 1 aliphatic heterocycles. The average molecular weight is 551 g/mol. The van der Waals surface area contributed by atoms with Gasteiger partial charge in [-0.3, -0.25) is 14.8 Å². The van der Waals surface area contributed by atoms with Gasteiger partial charge >= 0.3 is 5.97 Å². The minimum absolute atomic E-state index is 0.0249. The van der Waals surface area contributed by atoms with E-state index < -0.39 is 12.1 Å². The van der Waals surface area contributed by atoms with Crippen molar-refractivity contribution in [1.29, 1.82) is 0 Å². The molecule has 41 heavy (non-hydrogen) atoms. The molecule has 3 aliphatic rings. The minimum Gasteiger partial charge on any atom is -0.492 e. The van der Waals surface area contributed by atoms with E-state index in [-0.39, 0.29) is 18.2 Å². The van der Waals surface area contributed by atoms with E-state index in [0.717, 1.165) is 50.3 Å². The number of hydrogen-bond acceptors (Lipinski definition) is 5. The Bertz CT molecular complexity index is 1660. The summed E-state index contributed by atoms with van der Waals surface area (Å²) >= 11 is 0. The molecule has 4 aromatic rings. The largest absolute Gasteiger partial charge is 0.492 e. The number of carbonyl (C=O) groups is 1. The summed E-state index contributed by atoms with van der Waals surface area (Å²) in [5.41, 5.74) is 9.81. The van der Waals surface area contributed by atoms with Crippen LogP contribution in [0.5, 0.6) is 11.5 Å². The lowest BCUT2D eigenvalue weighted by atomic mass is 9.88. The molecule has 1 fully saturated rings. The van der Waals surface area contributed by atoms with Crippen LogP contribution in [-0.4, -0.2) is 27.7 Å². The summed E-state index contributed by atoms with van der Waals surface area (Å²) in [6.45, 7) is 4.53. The molecule has 6 nitrogen and oxygen atoms in total. The van der Waals surface area contributed by atoms with Crippen LogP contribution in [0.1, 0.15) is 77.1 Å². The van der Waals surface area contributed by atoms with Crippen LogP contribution in [0, 0.1) is 19.7 Å². The number of rotatable bonds is 7. The number of aliphatic carboxylic acids is 1. The van der Waals surface area contributed by atoms with Crippen molar-refractivity contribution in [3.8, 4) is 33.9 Å². The van der Waals surface area contributed by atoms with Crippen LogP contribution in [0.15, 0.2) is 54.9 Å². The topological polar surface area (TPSA) is 81.5 Å². The summed E-state index contributed by atoms with van der Waals surface area (Å²) in [6, 6.07) is 13.2. The number of carboxylic acid groups (broad SMARTS) is 1. The fraction of sp³-hybridized carbons (Fsp3) is 0.324. The number of fused-ring (bicyclic) bond motifs is 2. The minimum atomic E-state index is -0.850. The van der Waals surface area contributed by atoms with Crippen LogP contribution in [0.2, 0.25) is 0 Å². The van der Waals surface area contributed by atoms with Gasteiger partial charge in [-0.25, -0.2) is 4.39 Å². The van der Waals surface area contributed by atoms with Gasteiger partial charge in [0.05, 0.1) is 30.6 Å². The van der Waals surface area contributed by atoms with Crippen LogP contribution in [0.25, 0.3) is 22.4 Å². The van der Waals surface area contributed by atoms with Gasteiger partial charge in [0.1, 0.15) is 23.4 Å². The lowest BCUT2D eigenvalue weighted by molar-refractivity contribution is -0.137. The Morgan fingerprint density at radius 1 is 1.05 bits per heavy atom. The summed E-state index contributed by atoms with van der Waals surface area (Å²) in [4.78, 5) is 20.5. The zero-order chi connectivity index (χ0) is 28.2. The Morgan fingerprint density at radius 3 is 2.56 bits per heavy atom. The quantitative estimate of drug-likeness (QED) is 0.257. The van der Waals surface area contributed by atoms with Crippen molar-refractivity contribution >= 4 is 5.97 Å². The van der Waals surface area contributed by atoms with Crippen molar-refractivity contribution < 1.29 is 23.8 Å². The van der Waals surface area contributed by atoms with Crippen molar-refractivity contribution in [2.24, 2.45) is 0 Å². The molecule has 7 rings (SSSR count). The molecule has 0 unspecified atom stereocenters. The summed E-state index contributed by atoms with van der Waals surface area (Å²) < 4.78 is 27.4. The third-order valence-corrected chi connectivity index (χ3v) is 8.61. The van der Waals surface area contributed by atoms with Gasteiger partial charge in [-0.1, -0.05) is 12.1 Å². The molecule has 0 bridgehead atoms. The number of benzene rings is 3. The van der Waals surface area contributed by atoms with Gasteiger partial charge in [0.25, 0.3) is 0 Å². The maximum atomic E-state index is 15.3. The molecule has 2 atom stereocenters. The lowest BCUT2D eigenvalue weighted by Crippen LogP contribution is -2.07. The van der Waals surface area contributed by atoms with E-state index in [9.17, 15) is 9.90 Å². The molecular formula is C34H31FN2O4. The van der Waals surface area contributed by atoms with Crippen LogP contribution in [0.4, 0.5) is 4.39 Å². The highest BCUT2D eigenvalue weighted by Crippen LogP contribution is 2.45. The standard InChI is InChI=1S/C34H31FN2O4/c1-18-11-21(29-16-36-28(15-37-29)20-3-4-20)12-19(2)33(18)25-7-9-27(35)34-26(25)8-10-30(34)41-23-5-6-24-22(13-32(38)39)17-40-31(24)14-23/h5-7,9,11-12,14-16,20,22,30H,3-4,8,10,13,17H2,1-2H3,(H,38,39)/t22-,30-/m1/s1. The number of halogens is 1. The van der Waals surface area contributed by atoms with Gasteiger partial charge in [-0.2, -0.15) is 0 Å². The lowest BCUT2D eigenvalue weighted by Gasteiger charge is -2.19. The zero-order valence-electron chi connectivity index (χ0n) is 23.1. The fourth-order valence-corrected chi connectivity index (χ4v) is 6.51. The Labute approximate surface area is 238 Å². The van der Waals surface area contributed by atoms with Gasteiger partial charge in [-0.15, -0.1) is 0 Å². The first-order valence-corrected chi connectivity index (χ1v) is 14.3. The van der Waals surface area contributed by atoms with Crippen molar-refractivity contribution in [3.05, 3.63) is 94.2 Å². The van der Waals surface area contributed by atoms with E-state index in [0.29, 0.717) is 42.4 Å². The van der Waals surface area contributed by atoms with Gasteiger partial charge < -0.3 is 14.6 Å². The molecule has 0 radical (unpaired) electrons. The number of hydrogen-bond donors (Lipinski definition) is 1. The molecule has 7 heteroatoms. The molecule has 208 valence electrons. The van der Waals surface area contributed by atoms with E-state index in [1.807, 2.05) is 30.6 Å². The maximum Gasteiger partial charge on any atom is 0.304 e. The van der Waals surface area contributed by atoms with E-state index in [1.165, 1.54) is 12.8 Å². The predicted octanol–water partition coefficient (Wildman–Crippen LogP) is 7.46. The molecule has 0 amide bonds. The van der Waals surface area contributed by atoms with Crippen molar-refractivity contribution in [2.45, 2.75) is 63.9 Å². The first kappa shape index (κ1) is 25.7. The van der Waals surface area contributed by atoms with Gasteiger partial charge in [0.15, 0.2) is 0 Å². The normalized spacial score (nSPS) is 19.0. The molecule has 1 saturated carbocycles. The first-order valence-electron chi connectivity index (χ1n) is 14.3. The highest BCUT2D eigenvalue weighted by atomic mass is 19.1. The third kappa shape index (κ3) is 4.73. The average Bonchev–Trinajstić information content (AvgIpc) is 3.61. The molecule has 0 spiro atoms. The van der Waals surface area contributed by atoms with Crippen molar-refractivity contribution in [2.75, 3.05) is 6.61 Å². The first-order chi connectivity index (χ1) is 19.9. The van der Waals surface area contributed by atoms with Crippen LogP contribution >= 0.6 is 0 Å². The summed E-state index contributed by atoms with van der Waals surface area (Å²) in [5, 5.41) is 9.17. The monoisotopic (exact) mass is 550 g/mol. The van der Waals surface area contributed by atoms with Crippen LogP contribution in [-0.2, 0) is 11.2 Å². The molecule has 3 aromatic carbocycles. The second kappa shape index (κ2) is 9.98. The molecule has 0 saturated heterocycles. The van der Waals surface area contributed by atoms with E-state index >= 15 is 4.39 Å². The Balaban J connectivity index is 1.17. The number of aromatic nitrogens is 2.